The van der Waals surface area contributed by atoms with Gasteiger partial charge in [-0.05, 0) is 0 Å². The summed E-state index contributed by atoms with van der Waals surface area (Å²) in [4.78, 5) is 1.56. The van der Waals surface area contributed by atoms with Crippen molar-refractivity contribution in [3.8, 4) is 5.75 Å². The first kappa shape index (κ1) is 11.2. The minimum absolute atomic E-state index is 0.0769. The van der Waals surface area contributed by atoms with Gasteiger partial charge in [0.1, 0.15) is 0 Å². The van der Waals surface area contributed by atoms with Gasteiger partial charge in [0.25, 0.3) is 0 Å². The number of benzene rings is 1. The van der Waals surface area contributed by atoms with E-state index in [1.807, 2.05) is 0 Å². The number of fused-ring (bicyclic) bond motifs is 1. The van der Waals surface area contributed by atoms with Crippen molar-refractivity contribution in [2.45, 2.75) is 24.7 Å². The SMILES string of the molecule is COc1ccc(C(C)C)c2c1[Te][Se]S2. The molecule has 0 aromatic heterocycles. The predicted octanol–water partition coefficient (Wildman–Crippen LogP) is 1.79. The van der Waals surface area contributed by atoms with Crippen molar-refractivity contribution >= 4 is 43.1 Å². The standard InChI is InChI=1S/C10H12OSSeTe/c1-6(2)7-4-5-8(11-3)10-9(7)12-13-14-10/h4-6H,1-3H3. The van der Waals surface area contributed by atoms with Crippen molar-refractivity contribution in [1.29, 1.82) is 0 Å². The van der Waals surface area contributed by atoms with Gasteiger partial charge >= 0.3 is 103 Å². The van der Waals surface area contributed by atoms with Gasteiger partial charge in [0.15, 0.2) is 0 Å². The predicted molar refractivity (Wildman–Crippen MR) is 64.1 cm³/mol. The molecule has 76 valence electrons. The van der Waals surface area contributed by atoms with Crippen LogP contribution in [0.2, 0.25) is 0 Å². The molecule has 0 unspecified atom stereocenters. The van der Waals surface area contributed by atoms with E-state index in [0.717, 1.165) is 16.4 Å². The number of ether oxygens (including phenoxy) is 1. The molecule has 0 saturated carbocycles. The Bertz CT molecular complexity index is 354. The summed E-state index contributed by atoms with van der Waals surface area (Å²) < 4.78 is 7.00. The summed E-state index contributed by atoms with van der Waals surface area (Å²) >= 11 is 0.0769. The first-order valence-corrected chi connectivity index (χ1v) is 14.1. The van der Waals surface area contributed by atoms with Gasteiger partial charge in [-0.3, -0.25) is 0 Å². The van der Waals surface area contributed by atoms with Crippen LogP contribution in [0.15, 0.2) is 17.0 Å². The first-order valence-electron chi connectivity index (χ1n) is 4.46. The number of methoxy groups -OCH3 is 1. The van der Waals surface area contributed by atoms with Gasteiger partial charge in [0, 0.05) is 0 Å². The topological polar surface area (TPSA) is 9.23 Å². The molecule has 14 heavy (non-hydrogen) atoms. The normalized spacial score (nSPS) is 14.6. The Morgan fingerprint density at radius 1 is 1.43 bits per heavy atom. The van der Waals surface area contributed by atoms with E-state index in [-0.39, 0.29) is 18.7 Å². The van der Waals surface area contributed by atoms with Crippen LogP contribution < -0.4 is 8.35 Å². The van der Waals surface area contributed by atoms with Crippen LogP contribution in [0.5, 0.6) is 5.75 Å². The molecule has 0 fully saturated rings. The van der Waals surface area contributed by atoms with Crippen molar-refractivity contribution in [2.24, 2.45) is 0 Å². The molecule has 0 amide bonds. The average Bonchev–Trinajstić information content (AvgIpc) is 2.64. The van der Waals surface area contributed by atoms with Gasteiger partial charge in [0.2, 0.25) is 0 Å². The summed E-state index contributed by atoms with van der Waals surface area (Å²) in [5.41, 5.74) is 1.52. The molecule has 0 aliphatic carbocycles. The van der Waals surface area contributed by atoms with E-state index in [1.54, 1.807) is 15.6 Å². The molecule has 0 atom stereocenters. The minimum atomic E-state index is 0.0769. The summed E-state index contributed by atoms with van der Waals surface area (Å²) in [6, 6.07) is 4.39. The molecule has 0 radical (unpaired) electrons. The van der Waals surface area contributed by atoms with Crippen molar-refractivity contribution in [3.63, 3.8) is 0 Å². The summed E-state index contributed by atoms with van der Waals surface area (Å²) in [7, 11) is 4.69. The molecule has 0 spiro atoms. The molecule has 0 N–H and O–H groups in total. The molecule has 2 rings (SSSR count). The third-order valence-corrected chi connectivity index (χ3v) is 15.3. The Morgan fingerprint density at radius 2 is 2.21 bits per heavy atom. The fraction of sp³-hybridized carbons (Fsp3) is 0.400. The molecule has 1 aliphatic heterocycles. The maximum atomic E-state index is 5.42. The van der Waals surface area contributed by atoms with E-state index in [2.05, 4.69) is 36.2 Å². The van der Waals surface area contributed by atoms with Crippen LogP contribution in [-0.4, -0.2) is 36.5 Å². The molecule has 1 heterocycles. The molecular formula is C10H12OSSeTe. The quantitative estimate of drug-likeness (QED) is 0.717. The monoisotopic (exact) mass is 390 g/mol. The molecule has 1 aromatic rings. The van der Waals surface area contributed by atoms with Gasteiger partial charge in [-0.1, -0.05) is 0 Å². The van der Waals surface area contributed by atoms with Crippen LogP contribution in [0.25, 0.3) is 0 Å². The van der Waals surface area contributed by atoms with Gasteiger partial charge < -0.3 is 0 Å². The Balaban J connectivity index is 2.53. The molecule has 1 aliphatic rings. The van der Waals surface area contributed by atoms with E-state index in [4.69, 9.17) is 4.74 Å². The van der Waals surface area contributed by atoms with Crippen LogP contribution in [0.4, 0.5) is 0 Å². The Labute approximate surface area is 102 Å². The third-order valence-electron chi connectivity index (χ3n) is 2.18. The first-order chi connectivity index (χ1) is 6.74. The Hall–Kier alpha value is 0.679. The molecule has 1 aromatic carbocycles. The third kappa shape index (κ3) is 1.96. The summed E-state index contributed by atoms with van der Waals surface area (Å²) in [5, 5.41) is 0. The summed E-state index contributed by atoms with van der Waals surface area (Å²) in [5.74, 6) is 1.78. The molecule has 4 heteroatoms. The second-order valence-electron chi connectivity index (χ2n) is 3.40. The molecular weight excluding hydrogens is 375 g/mol. The second kappa shape index (κ2) is 4.68. The number of hydrogen-bond acceptors (Lipinski definition) is 2. The van der Waals surface area contributed by atoms with Crippen LogP contribution >= 0.6 is 10.2 Å². The van der Waals surface area contributed by atoms with E-state index in [1.165, 1.54) is 5.56 Å². The molecule has 1 nitrogen and oxygen atoms in total. The second-order valence-corrected chi connectivity index (χ2v) is 16.1. The van der Waals surface area contributed by atoms with E-state index >= 15 is 0 Å². The van der Waals surface area contributed by atoms with Gasteiger partial charge in [-0.25, -0.2) is 0 Å². The number of rotatable bonds is 2. The fourth-order valence-corrected chi connectivity index (χ4v) is 18.0. The number of hydrogen-bond donors (Lipinski definition) is 0. The van der Waals surface area contributed by atoms with Gasteiger partial charge in [0.05, 0.1) is 0 Å². The summed E-state index contributed by atoms with van der Waals surface area (Å²) in [6.07, 6.45) is 0. The van der Waals surface area contributed by atoms with Crippen molar-refractivity contribution in [3.05, 3.63) is 17.7 Å². The molecule has 0 bridgehead atoms. The van der Waals surface area contributed by atoms with Crippen molar-refractivity contribution in [1.82, 2.24) is 0 Å². The zero-order valence-electron chi connectivity index (χ0n) is 8.37. The zero-order valence-corrected chi connectivity index (χ0v) is 13.2. The zero-order chi connectivity index (χ0) is 10.1. The Morgan fingerprint density at radius 3 is 2.86 bits per heavy atom. The van der Waals surface area contributed by atoms with Gasteiger partial charge in [-0.15, -0.1) is 0 Å². The Kier molecular flexibility index (Phi) is 3.73. The summed E-state index contributed by atoms with van der Waals surface area (Å²) in [6.45, 7) is 4.54. The van der Waals surface area contributed by atoms with Crippen LogP contribution in [0, 0.1) is 0 Å². The fourth-order valence-electron chi connectivity index (χ4n) is 1.43. The van der Waals surface area contributed by atoms with E-state index < -0.39 is 0 Å². The van der Waals surface area contributed by atoms with Crippen molar-refractivity contribution in [2.75, 3.05) is 7.11 Å². The maximum absolute atomic E-state index is 5.42. The van der Waals surface area contributed by atoms with Gasteiger partial charge in [-0.2, -0.15) is 0 Å². The average molecular weight is 387 g/mol. The van der Waals surface area contributed by atoms with Crippen LogP contribution in [-0.2, 0) is 0 Å². The van der Waals surface area contributed by atoms with E-state index in [0.29, 0.717) is 5.92 Å². The van der Waals surface area contributed by atoms with Crippen LogP contribution in [0.1, 0.15) is 25.3 Å². The van der Waals surface area contributed by atoms with E-state index in [9.17, 15) is 0 Å². The van der Waals surface area contributed by atoms with Crippen molar-refractivity contribution < 1.29 is 4.74 Å². The van der Waals surface area contributed by atoms with Crippen LogP contribution in [0.3, 0.4) is 0 Å². The molecule has 0 saturated heterocycles.